The van der Waals surface area contributed by atoms with Gasteiger partial charge in [-0.25, -0.2) is 8.78 Å². The number of rotatable bonds is 5. The van der Waals surface area contributed by atoms with E-state index in [1.165, 1.54) is 12.3 Å². The Morgan fingerprint density at radius 1 is 1.38 bits per heavy atom. The van der Waals surface area contributed by atoms with Crippen molar-refractivity contribution in [2.75, 3.05) is 5.32 Å². The number of carbonyl (C=O) groups excluding carboxylic acids is 1. The first kappa shape index (κ1) is 20.2. The van der Waals surface area contributed by atoms with Gasteiger partial charge in [-0.15, -0.1) is 0 Å². The standard InChI is InChI=1S/C19H25F2N3O2/c1-11-12(5-6-14(20)17(11)21)9-16(25)23-13-7-8-22-15(10-13)18(26)24-19(2,3)4/h5-8,10-12,18,24,26H,9H2,1-4H3,(H,22,23,25). The Kier molecular flexibility index (Phi) is 6.26. The minimum atomic E-state index is -0.977. The molecule has 0 saturated carbocycles. The van der Waals surface area contributed by atoms with Crippen LogP contribution in [-0.4, -0.2) is 21.5 Å². The molecule has 0 fully saturated rings. The summed E-state index contributed by atoms with van der Waals surface area (Å²) in [5.74, 6) is -3.13. The highest BCUT2D eigenvalue weighted by molar-refractivity contribution is 5.91. The first-order valence-corrected chi connectivity index (χ1v) is 8.52. The summed E-state index contributed by atoms with van der Waals surface area (Å²) >= 11 is 0. The molecule has 3 N–H and O–H groups in total. The average Bonchev–Trinajstić information content (AvgIpc) is 2.54. The number of hydrogen-bond donors (Lipinski definition) is 3. The van der Waals surface area contributed by atoms with E-state index in [4.69, 9.17) is 0 Å². The molecule has 0 saturated heterocycles. The maximum Gasteiger partial charge on any atom is 0.224 e. The number of nitrogens with one attached hydrogen (secondary N) is 2. The molecule has 0 bridgehead atoms. The number of nitrogens with zero attached hydrogens (tertiary/aromatic N) is 1. The molecule has 3 unspecified atom stereocenters. The van der Waals surface area contributed by atoms with Crippen molar-refractivity contribution in [3.05, 3.63) is 47.8 Å². The van der Waals surface area contributed by atoms with Crippen molar-refractivity contribution in [3.8, 4) is 0 Å². The monoisotopic (exact) mass is 365 g/mol. The van der Waals surface area contributed by atoms with E-state index in [1.54, 1.807) is 19.1 Å². The van der Waals surface area contributed by atoms with Gasteiger partial charge in [0.15, 0.2) is 5.83 Å². The molecule has 0 radical (unpaired) electrons. The number of allylic oxidation sites excluding steroid dienone is 4. The van der Waals surface area contributed by atoms with Crippen LogP contribution < -0.4 is 10.6 Å². The third-order valence-corrected chi connectivity index (χ3v) is 4.10. The highest BCUT2D eigenvalue weighted by Crippen LogP contribution is 2.33. The minimum absolute atomic E-state index is 0.0266. The zero-order chi connectivity index (χ0) is 19.5. The minimum Gasteiger partial charge on any atom is -0.373 e. The lowest BCUT2D eigenvalue weighted by molar-refractivity contribution is -0.117. The van der Waals surface area contributed by atoms with Gasteiger partial charge >= 0.3 is 0 Å². The molecule has 2 rings (SSSR count). The van der Waals surface area contributed by atoms with Gasteiger partial charge in [0.25, 0.3) is 0 Å². The number of halogens is 2. The fourth-order valence-corrected chi connectivity index (χ4v) is 2.69. The third-order valence-electron chi connectivity index (χ3n) is 4.10. The third kappa shape index (κ3) is 5.44. The summed E-state index contributed by atoms with van der Waals surface area (Å²) in [7, 11) is 0. The SMILES string of the molecule is CC1C(F)=C(F)C=CC1CC(=O)Nc1ccnc(C(O)NC(C)(C)C)c1. The second kappa shape index (κ2) is 8.05. The number of aliphatic hydroxyl groups is 1. The molecule has 0 aliphatic heterocycles. The van der Waals surface area contributed by atoms with Gasteiger partial charge < -0.3 is 10.4 Å². The predicted molar refractivity (Wildman–Crippen MR) is 96.4 cm³/mol. The smallest absolute Gasteiger partial charge is 0.224 e. The molecule has 26 heavy (non-hydrogen) atoms. The summed E-state index contributed by atoms with van der Waals surface area (Å²) in [6.07, 6.45) is 3.11. The van der Waals surface area contributed by atoms with Crippen molar-refractivity contribution in [3.63, 3.8) is 0 Å². The van der Waals surface area contributed by atoms with Gasteiger partial charge in [-0.05, 0) is 44.9 Å². The number of pyridine rings is 1. The van der Waals surface area contributed by atoms with Crippen molar-refractivity contribution >= 4 is 11.6 Å². The Morgan fingerprint density at radius 2 is 2.08 bits per heavy atom. The van der Waals surface area contributed by atoms with Crippen molar-refractivity contribution in [2.24, 2.45) is 11.8 Å². The Labute approximate surface area is 152 Å². The van der Waals surface area contributed by atoms with Crippen molar-refractivity contribution < 1.29 is 18.7 Å². The van der Waals surface area contributed by atoms with Gasteiger partial charge in [-0.2, -0.15) is 0 Å². The van der Waals surface area contributed by atoms with E-state index in [0.717, 1.165) is 6.08 Å². The molecule has 0 aromatic carbocycles. The number of anilines is 1. The first-order chi connectivity index (χ1) is 12.1. The van der Waals surface area contributed by atoms with Crippen molar-refractivity contribution in [2.45, 2.75) is 45.9 Å². The second-order valence-electron chi connectivity index (χ2n) is 7.53. The lowest BCUT2D eigenvalue weighted by Gasteiger charge is -2.25. The van der Waals surface area contributed by atoms with Gasteiger partial charge in [0.2, 0.25) is 5.91 Å². The summed E-state index contributed by atoms with van der Waals surface area (Å²) in [5, 5.41) is 15.9. The predicted octanol–water partition coefficient (Wildman–Crippen LogP) is 3.76. The normalized spacial score (nSPS) is 21.7. The Bertz CT molecular complexity index is 726. The summed E-state index contributed by atoms with van der Waals surface area (Å²) in [6.45, 7) is 7.29. The van der Waals surface area contributed by atoms with Crippen LogP contribution in [0.4, 0.5) is 14.5 Å². The van der Waals surface area contributed by atoms with Gasteiger partial charge in [-0.3, -0.25) is 15.1 Å². The molecule has 1 amide bonds. The van der Waals surface area contributed by atoms with E-state index in [9.17, 15) is 18.7 Å². The molecule has 5 nitrogen and oxygen atoms in total. The molecule has 1 aliphatic rings. The largest absolute Gasteiger partial charge is 0.373 e. The molecule has 1 aromatic rings. The molecule has 0 spiro atoms. The summed E-state index contributed by atoms with van der Waals surface area (Å²) in [4.78, 5) is 16.4. The maximum atomic E-state index is 13.7. The molecule has 1 heterocycles. The number of aromatic nitrogens is 1. The van der Waals surface area contributed by atoms with E-state index in [0.29, 0.717) is 11.4 Å². The van der Waals surface area contributed by atoms with Crippen LogP contribution in [0.1, 0.15) is 46.0 Å². The molecule has 1 aromatic heterocycles. The second-order valence-corrected chi connectivity index (χ2v) is 7.53. The number of aliphatic hydroxyl groups excluding tert-OH is 1. The molecule has 3 atom stereocenters. The van der Waals surface area contributed by atoms with E-state index >= 15 is 0 Å². The highest BCUT2D eigenvalue weighted by atomic mass is 19.2. The van der Waals surface area contributed by atoms with Gasteiger partial charge in [0, 0.05) is 29.8 Å². The van der Waals surface area contributed by atoms with Crippen molar-refractivity contribution in [1.82, 2.24) is 10.3 Å². The van der Waals surface area contributed by atoms with Crippen LogP contribution in [0.25, 0.3) is 0 Å². The average molecular weight is 365 g/mol. The Morgan fingerprint density at radius 3 is 2.73 bits per heavy atom. The van der Waals surface area contributed by atoms with Crippen LogP contribution in [0.2, 0.25) is 0 Å². The van der Waals surface area contributed by atoms with E-state index < -0.39 is 29.7 Å². The van der Waals surface area contributed by atoms with Crippen LogP contribution >= 0.6 is 0 Å². The van der Waals surface area contributed by atoms with Crippen LogP contribution in [-0.2, 0) is 4.79 Å². The number of amides is 1. The van der Waals surface area contributed by atoms with E-state index in [-0.39, 0.29) is 17.9 Å². The van der Waals surface area contributed by atoms with Crippen LogP contribution in [0.5, 0.6) is 0 Å². The zero-order valence-electron chi connectivity index (χ0n) is 15.4. The quantitative estimate of drug-likeness (QED) is 0.695. The lowest BCUT2D eigenvalue weighted by Crippen LogP contribution is -2.39. The van der Waals surface area contributed by atoms with Crippen LogP contribution in [0.3, 0.4) is 0 Å². The lowest BCUT2D eigenvalue weighted by atomic mass is 9.86. The Balaban J connectivity index is 2.00. The molecule has 142 valence electrons. The van der Waals surface area contributed by atoms with Crippen molar-refractivity contribution in [1.29, 1.82) is 0 Å². The molecular weight excluding hydrogens is 340 g/mol. The maximum absolute atomic E-state index is 13.7. The zero-order valence-corrected chi connectivity index (χ0v) is 15.4. The topological polar surface area (TPSA) is 74.2 Å². The Hall–Kier alpha value is -2.12. The summed E-state index contributed by atoms with van der Waals surface area (Å²) in [5.41, 5.74) is 0.542. The molecule has 7 heteroatoms. The molecular formula is C19H25F2N3O2. The fourth-order valence-electron chi connectivity index (χ4n) is 2.69. The van der Waals surface area contributed by atoms with E-state index in [2.05, 4.69) is 15.6 Å². The van der Waals surface area contributed by atoms with Gasteiger partial charge in [0.05, 0.1) is 5.69 Å². The van der Waals surface area contributed by atoms with Gasteiger partial charge in [0.1, 0.15) is 12.1 Å². The van der Waals surface area contributed by atoms with E-state index in [1.807, 2.05) is 20.8 Å². The van der Waals surface area contributed by atoms with Gasteiger partial charge in [-0.1, -0.05) is 13.0 Å². The number of carbonyl (C=O) groups is 1. The summed E-state index contributed by atoms with van der Waals surface area (Å²) in [6, 6.07) is 3.17. The van der Waals surface area contributed by atoms with Crippen LogP contribution in [0.15, 0.2) is 42.1 Å². The fraction of sp³-hybridized carbons (Fsp3) is 0.474. The van der Waals surface area contributed by atoms with Crippen LogP contribution in [0, 0.1) is 11.8 Å². The first-order valence-electron chi connectivity index (χ1n) is 8.52. The summed E-state index contributed by atoms with van der Waals surface area (Å²) < 4.78 is 26.9. The number of hydrogen-bond acceptors (Lipinski definition) is 4. The molecule has 1 aliphatic carbocycles. The highest BCUT2D eigenvalue weighted by Gasteiger charge is 2.27.